The first-order valence-corrected chi connectivity index (χ1v) is 6.92. The van der Waals surface area contributed by atoms with Crippen LogP contribution >= 0.6 is 0 Å². The minimum absolute atomic E-state index is 0.557. The zero-order valence-electron chi connectivity index (χ0n) is 12.2. The summed E-state index contributed by atoms with van der Waals surface area (Å²) in [4.78, 5) is 0. The van der Waals surface area contributed by atoms with Crippen molar-refractivity contribution in [3.05, 3.63) is 23.8 Å². The molecule has 0 amide bonds. The molecule has 0 saturated carbocycles. The maximum Gasteiger partial charge on any atom is 0.127 e. The lowest BCUT2D eigenvalue weighted by Gasteiger charge is -2.13. The fourth-order valence-electron chi connectivity index (χ4n) is 1.67. The summed E-state index contributed by atoms with van der Waals surface area (Å²) in [5.41, 5.74) is 1.13. The van der Waals surface area contributed by atoms with E-state index in [4.69, 9.17) is 14.2 Å². The minimum atomic E-state index is 0.557. The Kier molecular flexibility index (Phi) is 8.02. The van der Waals surface area contributed by atoms with Crippen LogP contribution in [0.3, 0.4) is 0 Å². The Morgan fingerprint density at radius 3 is 2.58 bits per heavy atom. The second-order valence-electron chi connectivity index (χ2n) is 4.19. The van der Waals surface area contributed by atoms with Gasteiger partial charge in [-0.3, -0.25) is 0 Å². The van der Waals surface area contributed by atoms with E-state index < -0.39 is 0 Å². The summed E-state index contributed by atoms with van der Waals surface area (Å²) in [7, 11) is 1.92. The predicted octanol–water partition coefficient (Wildman–Crippen LogP) is 2.61. The van der Waals surface area contributed by atoms with Gasteiger partial charge in [0.25, 0.3) is 0 Å². The third-order valence-electron chi connectivity index (χ3n) is 2.57. The topological polar surface area (TPSA) is 39.7 Å². The normalized spacial score (nSPS) is 10.5. The molecule has 1 aromatic rings. The van der Waals surface area contributed by atoms with Crippen molar-refractivity contribution in [3.63, 3.8) is 0 Å². The van der Waals surface area contributed by atoms with E-state index in [1.54, 1.807) is 0 Å². The van der Waals surface area contributed by atoms with Gasteiger partial charge >= 0.3 is 0 Å². The van der Waals surface area contributed by atoms with Gasteiger partial charge in [0.15, 0.2) is 0 Å². The maximum absolute atomic E-state index is 5.77. The van der Waals surface area contributed by atoms with E-state index in [2.05, 4.69) is 12.2 Å². The molecule has 1 aromatic carbocycles. The molecule has 19 heavy (non-hydrogen) atoms. The van der Waals surface area contributed by atoms with Gasteiger partial charge in [-0.15, -0.1) is 0 Å². The minimum Gasteiger partial charge on any atom is -0.493 e. The van der Waals surface area contributed by atoms with E-state index in [9.17, 15) is 0 Å². The van der Waals surface area contributed by atoms with E-state index in [1.165, 1.54) is 0 Å². The van der Waals surface area contributed by atoms with Crippen LogP contribution in [0.25, 0.3) is 0 Å². The van der Waals surface area contributed by atoms with Gasteiger partial charge in [-0.1, -0.05) is 13.0 Å². The molecule has 0 atom stereocenters. The molecule has 0 heterocycles. The average molecular weight is 267 g/mol. The Hall–Kier alpha value is -1.26. The van der Waals surface area contributed by atoms with Crippen molar-refractivity contribution in [3.8, 4) is 11.5 Å². The summed E-state index contributed by atoms with van der Waals surface area (Å²) in [6.45, 7) is 7.45. The highest BCUT2D eigenvalue weighted by Gasteiger charge is 2.05. The Labute approximate surface area is 116 Å². The summed E-state index contributed by atoms with van der Waals surface area (Å²) in [5, 5.41) is 3.14. The molecule has 0 aromatic heterocycles. The number of ether oxygens (including phenoxy) is 3. The lowest BCUT2D eigenvalue weighted by molar-refractivity contribution is 0.109. The predicted molar refractivity (Wildman–Crippen MR) is 77.0 cm³/mol. The van der Waals surface area contributed by atoms with Crippen LogP contribution in [0.2, 0.25) is 0 Å². The molecule has 0 spiro atoms. The van der Waals surface area contributed by atoms with E-state index in [0.717, 1.165) is 36.6 Å². The van der Waals surface area contributed by atoms with Crippen molar-refractivity contribution in [1.82, 2.24) is 5.32 Å². The highest BCUT2D eigenvalue weighted by atomic mass is 16.5. The fourth-order valence-corrected chi connectivity index (χ4v) is 1.67. The largest absolute Gasteiger partial charge is 0.493 e. The lowest BCUT2D eigenvalue weighted by Crippen LogP contribution is -2.11. The van der Waals surface area contributed by atoms with E-state index >= 15 is 0 Å². The van der Waals surface area contributed by atoms with Gasteiger partial charge in [-0.05, 0) is 26.5 Å². The van der Waals surface area contributed by atoms with Crippen LogP contribution in [0.4, 0.5) is 0 Å². The number of hydrogen-bond acceptors (Lipinski definition) is 4. The summed E-state index contributed by atoms with van der Waals surface area (Å²) in [5.74, 6) is 1.72. The molecule has 0 aliphatic carbocycles. The molecule has 0 fully saturated rings. The van der Waals surface area contributed by atoms with Gasteiger partial charge in [-0.2, -0.15) is 0 Å². The van der Waals surface area contributed by atoms with Crippen LogP contribution in [-0.2, 0) is 11.3 Å². The molecule has 0 aliphatic heterocycles. The molecule has 0 bridgehead atoms. The van der Waals surface area contributed by atoms with Crippen molar-refractivity contribution in [1.29, 1.82) is 0 Å². The average Bonchev–Trinajstić information content (AvgIpc) is 2.43. The van der Waals surface area contributed by atoms with E-state index in [1.807, 2.05) is 32.2 Å². The van der Waals surface area contributed by atoms with Crippen LogP contribution in [0.1, 0.15) is 25.8 Å². The molecule has 1 rings (SSSR count). The van der Waals surface area contributed by atoms with Crippen molar-refractivity contribution in [2.24, 2.45) is 0 Å². The number of nitrogens with one attached hydrogen (secondary N) is 1. The zero-order valence-corrected chi connectivity index (χ0v) is 12.2. The maximum atomic E-state index is 5.77. The SMILES string of the molecule is CCCOc1ccc(CNC)c(OCCOCC)c1. The second-order valence-corrected chi connectivity index (χ2v) is 4.19. The molecular weight excluding hydrogens is 242 g/mol. The molecule has 0 radical (unpaired) electrons. The molecule has 0 saturated heterocycles. The van der Waals surface area contributed by atoms with Crippen LogP contribution in [0.15, 0.2) is 18.2 Å². The van der Waals surface area contributed by atoms with Crippen molar-refractivity contribution >= 4 is 0 Å². The number of rotatable bonds is 10. The van der Waals surface area contributed by atoms with Gasteiger partial charge in [0.1, 0.15) is 18.1 Å². The second kappa shape index (κ2) is 9.64. The van der Waals surface area contributed by atoms with Gasteiger partial charge in [-0.25, -0.2) is 0 Å². The first-order valence-electron chi connectivity index (χ1n) is 6.92. The highest BCUT2D eigenvalue weighted by molar-refractivity contribution is 5.40. The molecular formula is C15H25NO3. The van der Waals surface area contributed by atoms with E-state index in [-0.39, 0.29) is 0 Å². The van der Waals surface area contributed by atoms with Gasteiger partial charge in [0.2, 0.25) is 0 Å². The van der Waals surface area contributed by atoms with Crippen molar-refractivity contribution < 1.29 is 14.2 Å². The highest BCUT2D eigenvalue weighted by Crippen LogP contribution is 2.25. The third-order valence-corrected chi connectivity index (χ3v) is 2.57. The molecule has 0 aliphatic rings. The molecule has 108 valence electrons. The fraction of sp³-hybridized carbons (Fsp3) is 0.600. The Morgan fingerprint density at radius 2 is 1.89 bits per heavy atom. The third kappa shape index (κ3) is 5.94. The summed E-state index contributed by atoms with van der Waals surface area (Å²) < 4.78 is 16.7. The monoisotopic (exact) mass is 267 g/mol. The van der Waals surface area contributed by atoms with Gasteiger partial charge < -0.3 is 19.5 Å². The Balaban J connectivity index is 2.65. The van der Waals surface area contributed by atoms with Crippen LogP contribution < -0.4 is 14.8 Å². The van der Waals surface area contributed by atoms with Gasteiger partial charge in [0.05, 0.1) is 13.2 Å². The quantitative estimate of drug-likeness (QED) is 0.661. The molecule has 4 nitrogen and oxygen atoms in total. The summed E-state index contributed by atoms with van der Waals surface area (Å²) >= 11 is 0. The van der Waals surface area contributed by atoms with Crippen molar-refractivity contribution in [2.75, 3.05) is 33.5 Å². The first kappa shape index (κ1) is 15.8. The Morgan fingerprint density at radius 1 is 1.05 bits per heavy atom. The van der Waals surface area contributed by atoms with Crippen molar-refractivity contribution in [2.45, 2.75) is 26.8 Å². The summed E-state index contributed by atoms with van der Waals surface area (Å²) in [6.07, 6.45) is 0.999. The molecule has 4 heteroatoms. The zero-order chi connectivity index (χ0) is 13.9. The first-order chi connectivity index (χ1) is 9.31. The van der Waals surface area contributed by atoms with Crippen LogP contribution in [0, 0.1) is 0 Å². The van der Waals surface area contributed by atoms with Crippen LogP contribution in [0.5, 0.6) is 11.5 Å². The number of benzene rings is 1. The molecule has 0 unspecified atom stereocenters. The standard InChI is InChI=1S/C15H25NO3/c1-4-8-18-14-7-6-13(12-16-3)15(11-14)19-10-9-17-5-2/h6-7,11,16H,4-5,8-10,12H2,1-3H3. The number of hydrogen-bond donors (Lipinski definition) is 1. The van der Waals surface area contributed by atoms with Gasteiger partial charge in [0, 0.05) is 24.8 Å². The lowest BCUT2D eigenvalue weighted by atomic mass is 10.2. The van der Waals surface area contributed by atoms with E-state index in [0.29, 0.717) is 19.8 Å². The molecule has 1 N–H and O–H groups in total. The Bertz CT molecular complexity index is 355. The summed E-state index contributed by atoms with van der Waals surface area (Å²) in [6, 6.07) is 5.98. The van der Waals surface area contributed by atoms with Crippen LogP contribution in [-0.4, -0.2) is 33.5 Å². The smallest absolute Gasteiger partial charge is 0.127 e.